The van der Waals surface area contributed by atoms with Crippen molar-refractivity contribution in [1.29, 1.82) is 0 Å². The fraction of sp³-hybridized carbons (Fsp3) is 0.571. The van der Waals surface area contributed by atoms with Gasteiger partial charge in [-0.1, -0.05) is 0 Å². The molecule has 0 unspecified atom stereocenters. The van der Waals surface area contributed by atoms with E-state index in [2.05, 4.69) is 0 Å². The van der Waals surface area contributed by atoms with E-state index in [1.165, 1.54) is 0 Å². The van der Waals surface area contributed by atoms with Gasteiger partial charge in [0, 0.05) is 19.8 Å². The smallest absolute Gasteiger partial charge is 0.198 e. The van der Waals surface area contributed by atoms with Gasteiger partial charge in [-0.3, -0.25) is 14.4 Å². The van der Waals surface area contributed by atoms with Crippen LogP contribution in [0.2, 0.25) is 0 Å². The van der Waals surface area contributed by atoms with Gasteiger partial charge in [-0.25, -0.2) is 0 Å². The first kappa shape index (κ1) is 9.97. The lowest BCUT2D eigenvalue weighted by Crippen LogP contribution is -2.12. The van der Waals surface area contributed by atoms with Crippen molar-refractivity contribution in [2.45, 2.75) is 19.8 Å². The third-order valence-electron chi connectivity index (χ3n) is 1.20. The van der Waals surface area contributed by atoms with Crippen LogP contribution in [-0.2, 0) is 14.4 Å². The molecule has 0 aromatic heterocycles. The Hall–Kier alpha value is -1.03. The molecule has 4 nitrogen and oxygen atoms in total. The normalized spacial score (nSPS) is 9.27. The molecule has 0 aliphatic carbocycles. The van der Waals surface area contributed by atoms with Gasteiger partial charge in [-0.2, -0.15) is 0 Å². The number of Topliss-reactive ketones (excluding diaryl/α,β-unsaturated/α-hetero) is 3. The third-order valence-corrected chi connectivity index (χ3v) is 1.20. The highest BCUT2D eigenvalue weighted by molar-refractivity contribution is 6.36. The molecule has 62 valence electrons. The van der Waals surface area contributed by atoms with E-state index in [1.807, 2.05) is 0 Å². The Morgan fingerprint density at radius 1 is 1.18 bits per heavy atom. The van der Waals surface area contributed by atoms with Crippen LogP contribution in [0.4, 0.5) is 0 Å². The average Bonchev–Trinajstić information content (AvgIpc) is 1.99. The van der Waals surface area contributed by atoms with Crippen LogP contribution in [0.3, 0.4) is 0 Å². The van der Waals surface area contributed by atoms with Gasteiger partial charge in [0.15, 0.2) is 17.3 Å². The number of rotatable bonds is 5. The minimum absolute atomic E-state index is 0.0467. The van der Waals surface area contributed by atoms with Gasteiger partial charge in [0.25, 0.3) is 0 Å². The first-order valence-electron chi connectivity index (χ1n) is 3.24. The number of hydrogen-bond acceptors (Lipinski definition) is 4. The van der Waals surface area contributed by atoms with E-state index in [4.69, 9.17) is 5.11 Å². The minimum atomic E-state index is -0.564. The summed E-state index contributed by atoms with van der Waals surface area (Å²) in [6.07, 6.45) is -0.135. The Morgan fingerprint density at radius 3 is 2.09 bits per heavy atom. The number of hydrogen-bond donors (Lipinski definition) is 1. The molecule has 0 amide bonds. The van der Waals surface area contributed by atoms with Crippen LogP contribution < -0.4 is 0 Å². The van der Waals surface area contributed by atoms with E-state index in [-0.39, 0.29) is 12.8 Å². The maximum Gasteiger partial charge on any atom is 0.198 e. The fourth-order valence-electron chi connectivity index (χ4n) is 0.508. The Kier molecular flexibility index (Phi) is 4.29. The molecule has 0 atom stereocenters. The summed E-state index contributed by atoms with van der Waals surface area (Å²) in [7, 11) is 0. The topological polar surface area (TPSA) is 71.4 Å². The zero-order valence-electron chi connectivity index (χ0n) is 6.29. The Balaban J connectivity index is 3.63. The Bertz CT molecular complexity index is 183. The van der Waals surface area contributed by atoms with Crippen LogP contribution in [0.15, 0.2) is 0 Å². The van der Waals surface area contributed by atoms with Crippen molar-refractivity contribution in [3.05, 3.63) is 0 Å². The highest BCUT2D eigenvalue weighted by atomic mass is 16.3. The van der Waals surface area contributed by atoms with Crippen LogP contribution >= 0.6 is 0 Å². The second-order valence-electron chi connectivity index (χ2n) is 2.18. The zero-order chi connectivity index (χ0) is 8.85. The molecule has 0 saturated heterocycles. The molecular weight excluding hydrogens is 148 g/mol. The number of ketones is 3. The predicted molar refractivity (Wildman–Crippen MR) is 37.0 cm³/mol. The predicted octanol–water partition coefficient (Wildman–Crippen LogP) is -0.514. The Labute approximate surface area is 64.2 Å². The number of carbonyl (C=O) groups is 3. The number of aliphatic hydroxyl groups is 1. The van der Waals surface area contributed by atoms with E-state index in [1.54, 1.807) is 0 Å². The second kappa shape index (κ2) is 4.73. The summed E-state index contributed by atoms with van der Waals surface area (Å²) in [6.45, 7) is 0.594. The van der Waals surface area contributed by atoms with E-state index < -0.39 is 24.0 Å². The van der Waals surface area contributed by atoms with Crippen LogP contribution in [-0.4, -0.2) is 29.1 Å². The summed E-state index contributed by atoms with van der Waals surface area (Å²) < 4.78 is 0. The summed E-state index contributed by atoms with van der Waals surface area (Å²) >= 11 is 0. The van der Waals surface area contributed by atoms with Gasteiger partial charge in [-0.15, -0.1) is 0 Å². The lowest BCUT2D eigenvalue weighted by Gasteiger charge is -1.93. The maximum absolute atomic E-state index is 10.6. The summed E-state index contributed by atoms with van der Waals surface area (Å²) in [5.41, 5.74) is 0. The standard InChI is InChI=1S/C7H10O4/c1-5(9)7(11)3-2-6(10)4-8/h8H,2-4H2,1H3. The van der Waals surface area contributed by atoms with Crippen molar-refractivity contribution in [2.75, 3.05) is 6.61 Å². The van der Waals surface area contributed by atoms with E-state index in [0.717, 1.165) is 6.92 Å². The van der Waals surface area contributed by atoms with Gasteiger partial charge < -0.3 is 5.11 Å². The summed E-state index contributed by atoms with van der Waals surface area (Å²) in [6, 6.07) is 0. The molecule has 0 aliphatic rings. The summed E-state index contributed by atoms with van der Waals surface area (Å²) in [5.74, 6) is -1.53. The van der Waals surface area contributed by atoms with Crippen molar-refractivity contribution >= 4 is 17.3 Å². The molecule has 0 rings (SSSR count). The maximum atomic E-state index is 10.6. The van der Waals surface area contributed by atoms with Crippen molar-refractivity contribution in [2.24, 2.45) is 0 Å². The molecule has 0 bridgehead atoms. The molecule has 0 radical (unpaired) electrons. The number of carbonyl (C=O) groups excluding carboxylic acids is 3. The van der Waals surface area contributed by atoms with Crippen LogP contribution in [0.1, 0.15) is 19.8 Å². The van der Waals surface area contributed by atoms with E-state index >= 15 is 0 Å². The quantitative estimate of drug-likeness (QED) is 0.547. The molecule has 0 aromatic carbocycles. The van der Waals surface area contributed by atoms with Crippen LogP contribution in [0.25, 0.3) is 0 Å². The van der Waals surface area contributed by atoms with Gasteiger partial charge in [-0.05, 0) is 0 Å². The van der Waals surface area contributed by atoms with Crippen LogP contribution in [0.5, 0.6) is 0 Å². The van der Waals surface area contributed by atoms with Gasteiger partial charge in [0.1, 0.15) is 6.61 Å². The third kappa shape index (κ3) is 4.38. The first-order chi connectivity index (χ1) is 5.07. The second-order valence-corrected chi connectivity index (χ2v) is 2.18. The first-order valence-corrected chi connectivity index (χ1v) is 3.24. The zero-order valence-corrected chi connectivity index (χ0v) is 6.29. The highest BCUT2D eigenvalue weighted by Crippen LogP contribution is 1.92. The largest absolute Gasteiger partial charge is 0.389 e. The fourth-order valence-corrected chi connectivity index (χ4v) is 0.508. The molecule has 0 aromatic rings. The lowest BCUT2D eigenvalue weighted by molar-refractivity contribution is -0.136. The summed E-state index contributed by atoms with van der Waals surface area (Å²) in [4.78, 5) is 31.3. The number of aliphatic hydroxyl groups excluding tert-OH is 1. The molecule has 0 aliphatic heterocycles. The van der Waals surface area contributed by atoms with Crippen molar-refractivity contribution < 1.29 is 19.5 Å². The van der Waals surface area contributed by atoms with E-state index in [0.29, 0.717) is 0 Å². The van der Waals surface area contributed by atoms with Gasteiger partial charge in [0.05, 0.1) is 0 Å². The van der Waals surface area contributed by atoms with Crippen molar-refractivity contribution in [3.8, 4) is 0 Å². The van der Waals surface area contributed by atoms with Crippen LogP contribution in [0, 0.1) is 0 Å². The van der Waals surface area contributed by atoms with Crippen molar-refractivity contribution in [3.63, 3.8) is 0 Å². The SMILES string of the molecule is CC(=O)C(=O)CCC(=O)CO. The Morgan fingerprint density at radius 2 is 1.73 bits per heavy atom. The molecular formula is C7H10O4. The monoisotopic (exact) mass is 158 g/mol. The summed E-state index contributed by atoms with van der Waals surface area (Å²) in [5, 5.41) is 8.24. The molecule has 0 saturated carbocycles. The highest BCUT2D eigenvalue weighted by Gasteiger charge is 2.09. The minimum Gasteiger partial charge on any atom is -0.389 e. The lowest BCUT2D eigenvalue weighted by atomic mass is 10.1. The average molecular weight is 158 g/mol. The van der Waals surface area contributed by atoms with Gasteiger partial charge in [0.2, 0.25) is 0 Å². The van der Waals surface area contributed by atoms with Crippen molar-refractivity contribution in [1.82, 2.24) is 0 Å². The van der Waals surface area contributed by atoms with E-state index in [9.17, 15) is 14.4 Å². The molecule has 11 heavy (non-hydrogen) atoms. The molecule has 0 spiro atoms. The molecule has 1 N–H and O–H groups in total. The molecule has 4 heteroatoms. The van der Waals surface area contributed by atoms with Gasteiger partial charge >= 0.3 is 0 Å². The molecule has 0 fully saturated rings. The molecule has 0 heterocycles.